The second kappa shape index (κ2) is 7.43. The molecule has 0 aliphatic carbocycles. The fraction of sp³-hybridized carbons (Fsp3) is 0.533. The number of carbonyl (C=O) groups excluding carboxylic acids is 1. The Hall–Kier alpha value is -0.840. The number of benzene rings is 1. The van der Waals surface area contributed by atoms with Crippen LogP contribution in [0.1, 0.15) is 25.3 Å². The van der Waals surface area contributed by atoms with E-state index in [0.717, 1.165) is 19.4 Å². The van der Waals surface area contributed by atoms with Crippen molar-refractivity contribution in [2.24, 2.45) is 5.41 Å². The fourth-order valence-electron chi connectivity index (χ4n) is 2.69. The van der Waals surface area contributed by atoms with E-state index < -0.39 is 5.41 Å². The maximum atomic E-state index is 13.8. The molecule has 0 saturated carbocycles. The lowest BCUT2D eigenvalue weighted by molar-refractivity contribution is -0.141. The highest BCUT2D eigenvalue weighted by Crippen LogP contribution is 2.29. The molecule has 0 bridgehead atoms. The normalized spacial score (nSPS) is 21.5. The van der Waals surface area contributed by atoms with Gasteiger partial charge in [-0.3, -0.25) is 4.79 Å². The van der Waals surface area contributed by atoms with Crippen LogP contribution in [0.5, 0.6) is 0 Å². The molecule has 0 radical (unpaired) electrons. The molecule has 1 amide bonds. The lowest BCUT2D eigenvalue weighted by Gasteiger charge is -2.36. The first-order valence-corrected chi connectivity index (χ1v) is 7.21. The van der Waals surface area contributed by atoms with Gasteiger partial charge in [0, 0.05) is 30.7 Å². The molecule has 1 fully saturated rings. The number of hydrogen-bond acceptors (Lipinski definition) is 2. The smallest absolute Gasteiger partial charge is 0.229 e. The minimum absolute atomic E-state index is 0. The summed E-state index contributed by atoms with van der Waals surface area (Å²) in [7, 11) is 1.70. The molecule has 1 atom stereocenters. The van der Waals surface area contributed by atoms with E-state index in [1.807, 2.05) is 6.92 Å². The van der Waals surface area contributed by atoms with Crippen LogP contribution in [0, 0.1) is 11.2 Å². The molecular formula is C15H21Cl2FN2O. The van der Waals surface area contributed by atoms with Crippen LogP contribution in [0.2, 0.25) is 5.02 Å². The highest BCUT2D eigenvalue weighted by molar-refractivity contribution is 6.31. The quantitative estimate of drug-likeness (QED) is 0.920. The first-order valence-electron chi connectivity index (χ1n) is 6.83. The zero-order valence-corrected chi connectivity index (χ0v) is 13.9. The summed E-state index contributed by atoms with van der Waals surface area (Å²) in [5, 5.41) is 3.61. The number of hydrogen-bond donors (Lipinski definition) is 1. The van der Waals surface area contributed by atoms with E-state index in [2.05, 4.69) is 5.32 Å². The number of rotatable bonds is 3. The van der Waals surface area contributed by atoms with E-state index in [1.54, 1.807) is 24.1 Å². The third-order valence-corrected chi connectivity index (χ3v) is 4.27. The van der Waals surface area contributed by atoms with Gasteiger partial charge in [-0.1, -0.05) is 17.7 Å². The van der Waals surface area contributed by atoms with Crippen LogP contribution < -0.4 is 5.32 Å². The lowest BCUT2D eigenvalue weighted by Crippen LogP contribution is -2.49. The first-order chi connectivity index (χ1) is 9.44. The third kappa shape index (κ3) is 4.09. The van der Waals surface area contributed by atoms with E-state index in [-0.39, 0.29) is 30.7 Å². The Labute approximate surface area is 136 Å². The minimum Gasteiger partial charge on any atom is -0.341 e. The van der Waals surface area contributed by atoms with Crippen LogP contribution in [0.4, 0.5) is 4.39 Å². The summed E-state index contributed by atoms with van der Waals surface area (Å²) < 4.78 is 13.8. The summed E-state index contributed by atoms with van der Waals surface area (Å²) in [6, 6.07) is 4.57. The molecule has 1 aromatic rings. The first kappa shape index (κ1) is 18.2. The van der Waals surface area contributed by atoms with Gasteiger partial charge in [-0.15, -0.1) is 12.4 Å². The van der Waals surface area contributed by atoms with Crippen LogP contribution >= 0.6 is 24.0 Å². The zero-order chi connectivity index (χ0) is 14.8. The lowest BCUT2D eigenvalue weighted by atomic mass is 9.81. The average Bonchev–Trinajstić information content (AvgIpc) is 2.43. The van der Waals surface area contributed by atoms with Crippen molar-refractivity contribution in [3.05, 3.63) is 34.6 Å². The SMILES string of the molecule is CN(Cc1c(F)cccc1Cl)C(=O)C1(C)CCCNC1.Cl. The Bertz CT molecular complexity index is 484. The maximum absolute atomic E-state index is 13.8. The average molecular weight is 335 g/mol. The van der Waals surface area contributed by atoms with Crippen LogP contribution in [-0.2, 0) is 11.3 Å². The summed E-state index contributed by atoms with van der Waals surface area (Å²) in [4.78, 5) is 14.1. The van der Waals surface area contributed by atoms with Crippen molar-refractivity contribution in [1.82, 2.24) is 10.2 Å². The van der Waals surface area contributed by atoms with Gasteiger partial charge < -0.3 is 10.2 Å². The predicted octanol–water partition coefficient (Wildman–Crippen LogP) is 3.25. The van der Waals surface area contributed by atoms with Crippen LogP contribution in [0.25, 0.3) is 0 Å². The Morgan fingerprint density at radius 3 is 2.81 bits per heavy atom. The number of nitrogens with zero attached hydrogens (tertiary/aromatic N) is 1. The molecule has 3 nitrogen and oxygen atoms in total. The molecular weight excluding hydrogens is 314 g/mol. The van der Waals surface area contributed by atoms with Gasteiger partial charge in [-0.05, 0) is 38.4 Å². The number of piperidine rings is 1. The fourth-order valence-corrected chi connectivity index (χ4v) is 2.91. The summed E-state index contributed by atoms with van der Waals surface area (Å²) in [6.45, 7) is 3.77. The molecule has 1 unspecified atom stereocenters. The van der Waals surface area contributed by atoms with Crippen molar-refractivity contribution < 1.29 is 9.18 Å². The van der Waals surface area contributed by atoms with Gasteiger partial charge in [0.2, 0.25) is 5.91 Å². The number of carbonyl (C=O) groups is 1. The third-order valence-electron chi connectivity index (χ3n) is 3.92. The van der Waals surface area contributed by atoms with Gasteiger partial charge in [0.1, 0.15) is 5.82 Å². The second-order valence-corrected chi connectivity index (χ2v) is 6.11. The van der Waals surface area contributed by atoms with Crippen LogP contribution in [0.3, 0.4) is 0 Å². The van der Waals surface area contributed by atoms with Crippen molar-refractivity contribution in [3.63, 3.8) is 0 Å². The van der Waals surface area contributed by atoms with E-state index in [4.69, 9.17) is 11.6 Å². The van der Waals surface area contributed by atoms with Crippen molar-refractivity contribution >= 4 is 29.9 Å². The molecule has 2 rings (SSSR count). The molecule has 1 aromatic carbocycles. The Morgan fingerprint density at radius 2 is 2.24 bits per heavy atom. The minimum atomic E-state index is -0.412. The topological polar surface area (TPSA) is 32.3 Å². The van der Waals surface area contributed by atoms with Crippen molar-refractivity contribution in [2.75, 3.05) is 20.1 Å². The molecule has 118 valence electrons. The molecule has 0 spiro atoms. The van der Waals surface area contributed by atoms with Crippen LogP contribution in [0.15, 0.2) is 18.2 Å². The van der Waals surface area contributed by atoms with E-state index in [0.29, 0.717) is 17.1 Å². The second-order valence-electron chi connectivity index (χ2n) is 5.70. The standard InChI is InChI=1S/C15H20ClFN2O.ClH/c1-15(7-4-8-18-10-15)14(20)19(2)9-11-12(16)5-3-6-13(11)17;/h3,5-6,18H,4,7-10H2,1-2H3;1H. The zero-order valence-electron chi connectivity index (χ0n) is 12.3. The molecule has 1 saturated heterocycles. The van der Waals surface area contributed by atoms with Crippen LogP contribution in [-0.4, -0.2) is 30.9 Å². The molecule has 1 aliphatic heterocycles. The molecule has 1 N–H and O–H groups in total. The molecule has 6 heteroatoms. The monoisotopic (exact) mass is 334 g/mol. The number of halogens is 3. The number of amides is 1. The molecule has 1 heterocycles. The Morgan fingerprint density at radius 1 is 1.52 bits per heavy atom. The molecule has 1 aliphatic rings. The van der Waals surface area contributed by atoms with Gasteiger partial charge in [-0.2, -0.15) is 0 Å². The molecule has 0 aromatic heterocycles. The van der Waals surface area contributed by atoms with E-state index in [9.17, 15) is 9.18 Å². The van der Waals surface area contributed by atoms with Gasteiger partial charge in [0.25, 0.3) is 0 Å². The van der Waals surface area contributed by atoms with Crippen molar-refractivity contribution in [2.45, 2.75) is 26.3 Å². The summed E-state index contributed by atoms with van der Waals surface area (Å²) in [5.41, 5.74) is -0.0394. The largest absolute Gasteiger partial charge is 0.341 e. The van der Waals surface area contributed by atoms with Gasteiger partial charge in [0.05, 0.1) is 5.41 Å². The Balaban J connectivity index is 0.00000220. The Kier molecular flexibility index (Phi) is 6.44. The summed E-state index contributed by atoms with van der Waals surface area (Å²) >= 11 is 6.01. The van der Waals surface area contributed by atoms with Gasteiger partial charge >= 0.3 is 0 Å². The van der Waals surface area contributed by atoms with Gasteiger partial charge in [-0.25, -0.2) is 4.39 Å². The predicted molar refractivity (Wildman–Crippen MR) is 85.3 cm³/mol. The summed E-state index contributed by atoms with van der Waals surface area (Å²) in [6.07, 6.45) is 1.84. The van der Waals surface area contributed by atoms with E-state index in [1.165, 1.54) is 6.07 Å². The van der Waals surface area contributed by atoms with E-state index >= 15 is 0 Å². The molecule has 21 heavy (non-hydrogen) atoms. The van der Waals surface area contributed by atoms with Crippen molar-refractivity contribution in [3.8, 4) is 0 Å². The summed E-state index contributed by atoms with van der Waals surface area (Å²) in [5.74, 6) is -0.340. The maximum Gasteiger partial charge on any atom is 0.229 e. The van der Waals surface area contributed by atoms with Crippen molar-refractivity contribution in [1.29, 1.82) is 0 Å². The van der Waals surface area contributed by atoms with Gasteiger partial charge in [0.15, 0.2) is 0 Å². The highest BCUT2D eigenvalue weighted by Gasteiger charge is 2.36. The number of nitrogens with one attached hydrogen (secondary N) is 1. The highest BCUT2D eigenvalue weighted by atomic mass is 35.5.